The Morgan fingerprint density at radius 3 is 2.29 bits per heavy atom. The van der Waals surface area contributed by atoms with Crippen LogP contribution in [0, 0.1) is 29.1 Å². The summed E-state index contributed by atoms with van der Waals surface area (Å²) in [5.74, 6) is 2.38. The van der Waals surface area contributed by atoms with Crippen LogP contribution in [0.1, 0.15) is 76.6 Å². The van der Waals surface area contributed by atoms with Crippen LogP contribution >= 0.6 is 0 Å². The maximum Gasteiger partial charge on any atom is 0.228 e. The van der Waals surface area contributed by atoms with Crippen molar-refractivity contribution in [3.8, 4) is 28.8 Å². The first-order chi connectivity index (χ1) is 19.3. The number of hydrogen-bond donors (Lipinski definition) is 0. The Bertz CT molecular complexity index is 1930. The van der Waals surface area contributed by atoms with Gasteiger partial charge in [-0.25, -0.2) is 4.57 Å². The molecule has 1 aliphatic rings. The van der Waals surface area contributed by atoms with Gasteiger partial charge >= 0.3 is 0 Å². The van der Waals surface area contributed by atoms with E-state index in [0.29, 0.717) is 12.3 Å². The molecular formula is C38H41N2O+. The monoisotopic (exact) mass is 541 g/mol. The summed E-state index contributed by atoms with van der Waals surface area (Å²) in [7, 11) is 2.16. The van der Waals surface area contributed by atoms with Gasteiger partial charge in [-0.1, -0.05) is 71.0 Å². The molecule has 208 valence electrons. The summed E-state index contributed by atoms with van der Waals surface area (Å²) < 4.78 is 9.33. The second kappa shape index (κ2) is 9.31. The van der Waals surface area contributed by atoms with Crippen molar-refractivity contribution in [3.05, 3.63) is 77.0 Å². The van der Waals surface area contributed by atoms with Crippen molar-refractivity contribution in [2.24, 2.45) is 17.9 Å². The van der Waals surface area contributed by atoms with Crippen molar-refractivity contribution in [3.63, 3.8) is 0 Å². The zero-order chi connectivity index (χ0) is 29.4. The summed E-state index contributed by atoms with van der Waals surface area (Å²) in [4.78, 5) is 0. The Labute approximate surface area is 244 Å². The molecule has 3 heteroatoms. The van der Waals surface area contributed by atoms with Crippen LogP contribution in [0.2, 0.25) is 0 Å². The number of nitriles is 1. The summed E-state index contributed by atoms with van der Waals surface area (Å²) in [5, 5.41) is 17.0. The maximum atomic E-state index is 9.62. The van der Waals surface area contributed by atoms with Gasteiger partial charge in [-0.2, -0.15) is 5.26 Å². The molecule has 2 heterocycles. The van der Waals surface area contributed by atoms with E-state index in [-0.39, 0.29) is 5.41 Å². The smallest absolute Gasteiger partial charge is 0.228 e. The summed E-state index contributed by atoms with van der Waals surface area (Å²) in [6.45, 7) is 17.7. The second-order valence-electron chi connectivity index (χ2n) is 14.3. The first-order valence-corrected chi connectivity index (χ1v) is 14.8. The largest absolute Gasteiger partial charge is 0.455 e. The molecule has 3 nitrogen and oxygen atoms in total. The van der Waals surface area contributed by atoms with Crippen molar-refractivity contribution < 1.29 is 9.30 Å². The fourth-order valence-electron chi connectivity index (χ4n) is 6.64. The third kappa shape index (κ3) is 4.55. The lowest BCUT2D eigenvalue weighted by Gasteiger charge is -2.28. The van der Waals surface area contributed by atoms with Crippen LogP contribution in [-0.2, 0) is 19.9 Å². The highest BCUT2D eigenvalue weighted by Crippen LogP contribution is 2.53. The van der Waals surface area contributed by atoms with E-state index in [4.69, 9.17) is 4.74 Å². The lowest BCUT2D eigenvalue weighted by atomic mass is 9.81. The average Bonchev–Trinajstić information content (AvgIpc) is 2.90. The van der Waals surface area contributed by atoms with Gasteiger partial charge in [0.1, 0.15) is 18.5 Å². The van der Waals surface area contributed by atoms with E-state index in [9.17, 15) is 5.26 Å². The van der Waals surface area contributed by atoms with Gasteiger partial charge in [0.2, 0.25) is 5.69 Å². The molecule has 0 unspecified atom stereocenters. The Morgan fingerprint density at radius 2 is 1.61 bits per heavy atom. The van der Waals surface area contributed by atoms with Crippen LogP contribution in [-0.4, -0.2) is 0 Å². The number of aromatic nitrogens is 1. The van der Waals surface area contributed by atoms with E-state index in [1.807, 2.05) is 13.8 Å². The highest BCUT2D eigenvalue weighted by molar-refractivity contribution is 6.16. The van der Waals surface area contributed by atoms with Crippen molar-refractivity contribution in [1.29, 1.82) is 5.26 Å². The molecule has 0 aliphatic carbocycles. The molecule has 5 aromatic rings. The fourth-order valence-corrected chi connectivity index (χ4v) is 6.64. The lowest BCUT2D eigenvalue weighted by Crippen LogP contribution is -2.32. The van der Waals surface area contributed by atoms with Crippen LogP contribution in [0.3, 0.4) is 0 Å². The van der Waals surface area contributed by atoms with Gasteiger partial charge < -0.3 is 4.74 Å². The molecule has 0 N–H and O–H groups in total. The first-order valence-electron chi connectivity index (χ1n) is 14.8. The molecular weight excluding hydrogens is 500 g/mol. The number of benzene rings is 4. The van der Waals surface area contributed by atoms with Gasteiger partial charge in [0.15, 0.2) is 6.20 Å². The average molecular weight is 542 g/mol. The molecule has 6 rings (SSSR count). The van der Waals surface area contributed by atoms with Crippen LogP contribution < -0.4 is 9.30 Å². The SMILES string of the molecule is Cc1c2c(c(CC(C)(C)C)c3ccc(C(C)C)cc13)Oc1cc3cc(CC(C)(C)C#N)ccc3c3cc[n+](C)c-2c13. The zero-order valence-corrected chi connectivity index (χ0v) is 26.0. The zero-order valence-electron chi connectivity index (χ0n) is 26.0. The van der Waals surface area contributed by atoms with Crippen LogP contribution in [0.4, 0.5) is 0 Å². The minimum absolute atomic E-state index is 0.0936. The summed E-state index contributed by atoms with van der Waals surface area (Å²) in [6.07, 6.45) is 3.83. The molecule has 1 aliphatic heterocycles. The number of pyridine rings is 1. The molecule has 4 aromatic carbocycles. The highest BCUT2D eigenvalue weighted by Gasteiger charge is 2.34. The van der Waals surface area contributed by atoms with Crippen molar-refractivity contribution in [2.75, 3.05) is 0 Å². The molecule has 0 bridgehead atoms. The van der Waals surface area contributed by atoms with Crippen molar-refractivity contribution >= 4 is 32.3 Å². The Kier molecular flexibility index (Phi) is 6.20. The van der Waals surface area contributed by atoms with Crippen LogP contribution in [0.5, 0.6) is 11.5 Å². The van der Waals surface area contributed by atoms with E-state index in [1.165, 1.54) is 60.4 Å². The molecule has 0 spiro atoms. The molecule has 1 aromatic heterocycles. The molecule has 0 atom stereocenters. The molecule has 0 amide bonds. The summed E-state index contributed by atoms with van der Waals surface area (Å²) in [5.41, 5.74) is 7.22. The fraction of sp³-hybridized carbons (Fsp3) is 0.368. The summed E-state index contributed by atoms with van der Waals surface area (Å²) in [6, 6.07) is 20.6. The van der Waals surface area contributed by atoms with Gasteiger partial charge in [-0.3, -0.25) is 0 Å². The molecule has 0 radical (unpaired) electrons. The lowest BCUT2D eigenvalue weighted by molar-refractivity contribution is -0.659. The first kappa shape index (κ1) is 27.3. The van der Waals surface area contributed by atoms with Gasteiger partial charge in [0.05, 0.1) is 22.4 Å². The van der Waals surface area contributed by atoms with E-state index in [1.54, 1.807) is 0 Å². The maximum absolute atomic E-state index is 9.62. The van der Waals surface area contributed by atoms with Crippen LogP contribution in [0.15, 0.2) is 54.7 Å². The van der Waals surface area contributed by atoms with Gasteiger partial charge in [-0.05, 0) is 89.2 Å². The van der Waals surface area contributed by atoms with E-state index < -0.39 is 5.41 Å². The Morgan fingerprint density at radius 1 is 0.878 bits per heavy atom. The number of fused-ring (bicyclic) bond motifs is 5. The number of rotatable bonds is 4. The predicted octanol–water partition coefficient (Wildman–Crippen LogP) is 9.86. The topological polar surface area (TPSA) is 36.9 Å². The van der Waals surface area contributed by atoms with E-state index in [0.717, 1.165) is 23.3 Å². The van der Waals surface area contributed by atoms with Gasteiger partial charge in [0, 0.05) is 17.0 Å². The van der Waals surface area contributed by atoms with E-state index >= 15 is 0 Å². The number of nitrogens with zero attached hydrogens (tertiary/aromatic N) is 2. The third-order valence-corrected chi connectivity index (χ3v) is 8.68. The predicted molar refractivity (Wildman–Crippen MR) is 171 cm³/mol. The summed E-state index contributed by atoms with van der Waals surface area (Å²) >= 11 is 0. The second-order valence-corrected chi connectivity index (χ2v) is 14.3. The molecule has 41 heavy (non-hydrogen) atoms. The van der Waals surface area contributed by atoms with Gasteiger partial charge in [-0.15, -0.1) is 0 Å². The number of ether oxygens (including phenoxy) is 1. The minimum Gasteiger partial charge on any atom is -0.455 e. The minimum atomic E-state index is -0.412. The van der Waals surface area contributed by atoms with Crippen molar-refractivity contribution in [1.82, 2.24) is 0 Å². The Balaban J connectivity index is 1.70. The van der Waals surface area contributed by atoms with E-state index in [2.05, 4.69) is 114 Å². The van der Waals surface area contributed by atoms with Gasteiger partial charge in [0.25, 0.3) is 0 Å². The molecule has 0 fully saturated rings. The highest BCUT2D eigenvalue weighted by atomic mass is 16.5. The normalized spacial score (nSPS) is 13.1. The Hall–Kier alpha value is -3.90. The number of hydrogen-bond acceptors (Lipinski definition) is 2. The number of aryl methyl sites for hydroxylation is 2. The quantitative estimate of drug-likeness (QED) is 0.164. The molecule has 0 saturated carbocycles. The third-order valence-electron chi connectivity index (χ3n) is 8.68. The van der Waals surface area contributed by atoms with Crippen LogP contribution in [0.25, 0.3) is 43.6 Å². The standard InChI is InChI=1S/C38H41N2O/c1-22(2)25-11-13-28-30(17-25)23(3)33-35-34-29(14-15-40(35)9)27-12-10-24(19-38(7,8)21-39)16-26(27)18-32(34)41-36(33)31(28)20-37(4,5)6/h10-18,22H,19-20H2,1-9H3/q+1. The van der Waals surface area contributed by atoms with Crippen molar-refractivity contribution in [2.45, 2.75) is 74.1 Å². The molecule has 0 saturated heterocycles.